The Kier molecular flexibility index (Phi) is 6.87. The summed E-state index contributed by atoms with van der Waals surface area (Å²) in [5, 5.41) is 5.97. The predicted octanol–water partition coefficient (Wildman–Crippen LogP) is 1.95. The third-order valence-electron chi connectivity index (χ3n) is 2.58. The molecule has 0 spiro atoms. The molecule has 0 atom stereocenters. The zero-order valence-electron chi connectivity index (χ0n) is 11.2. The fourth-order valence-corrected chi connectivity index (χ4v) is 1.56. The average molecular weight is 250 g/mol. The molecular formula is C14H22N2O2. The number of benzene rings is 1. The van der Waals surface area contributed by atoms with Gasteiger partial charge in [0.1, 0.15) is 0 Å². The summed E-state index contributed by atoms with van der Waals surface area (Å²) in [7, 11) is 0. The van der Waals surface area contributed by atoms with Gasteiger partial charge in [0.05, 0.1) is 6.54 Å². The Morgan fingerprint density at radius 1 is 1.33 bits per heavy atom. The summed E-state index contributed by atoms with van der Waals surface area (Å²) in [5.41, 5.74) is 2.14. The SMILES string of the molecule is CCOCCCNC(=O)CNc1ccccc1C. The summed E-state index contributed by atoms with van der Waals surface area (Å²) in [6.07, 6.45) is 0.851. The van der Waals surface area contributed by atoms with Crippen LogP contribution in [0.25, 0.3) is 0 Å². The number of aryl methyl sites for hydroxylation is 1. The minimum Gasteiger partial charge on any atom is -0.382 e. The lowest BCUT2D eigenvalue weighted by Gasteiger charge is -2.09. The normalized spacial score (nSPS) is 10.1. The molecule has 4 heteroatoms. The molecule has 0 aliphatic heterocycles. The Morgan fingerprint density at radius 3 is 2.83 bits per heavy atom. The van der Waals surface area contributed by atoms with Gasteiger partial charge < -0.3 is 15.4 Å². The molecule has 2 N–H and O–H groups in total. The van der Waals surface area contributed by atoms with E-state index in [0.717, 1.165) is 24.3 Å². The first kappa shape index (κ1) is 14.5. The highest BCUT2D eigenvalue weighted by molar-refractivity contribution is 5.80. The van der Waals surface area contributed by atoms with Crippen LogP contribution in [0, 0.1) is 6.92 Å². The van der Waals surface area contributed by atoms with Crippen molar-refractivity contribution >= 4 is 11.6 Å². The van der Waals surface area contributed by atoms with E-state index >= 15 is 0 Å². The number of hydrogen-bond donors (Lipinski definition) is 2. The minimum atomic E-state index is 0.00903. The van der Waals surface area contributed by atoms with Crippen molar-refractivity contribution in [2.45, 2.75) is 20.3 Å². The highest BCUT2D eigenvalue weighted by Crippen LogP contribution is 2.12. The van der Waals surface area contributed by atoms with Crippen LogP contribution in [-0.2, 0) is 9.53 Å². The fraction of sp³-hybridized carbons (Fsp3) is 0.500. The molecule has 0 heterocycles. The smallest absolute Gasteiger partial charge is 0.239 e. The Balaban J connectivity index is 2.15. The van der Waals surface area contributed by atoms with Crippen molar-refractivity contribution in [1.29, 1.82) is 0 Å². The maximum atomic E-state index is 11.5. The standard InChI is InChI=1S/C14H22N2O2/c1-3-18-10-6-9-15-14(17)11-16-13-8-5-4-7-12(13)2/h4-5,7-8,16H,3,6,9-11H2,1-2H3,(H,15,17). The molecule has 1 amide bonds. The molecule has 0 radical (unpaired) electrons. The topological polar surface area (TPSA) is 50.4 Å². The monoisotopic (exact) mass is 250 g/mol. The number of hydrogen-bond acceptors (Lipinski definition) is 3. The minimum absolute atomic E-state index is 0.00903. The van der Waals surface area contributed by atoms with E-state index in [9.17, 15) is 4.79 Å². The molecule has 100 valence electrons. The molecule has 18 heavy (non-hydrogen) atoms. The quantitative estimate of drug-likeness (QED) is 0.693. The van der Waals surface area contributed by atoms with Gasteiger partial charge >= 0.3 is 0 Å². The summed E-state index contributed by atoms with van der Waals surface area (Å²) in [4.78, 5) is 11.5. The van der Waals surface area contributed by atoms with Crippen LogP contribution < -0.4 is 10.6 Å². The van der Waals surface area contributed by atoms with Crippen molar-refractivity contribution in [3.05, 3.63) is 29.8 Å². The van der Waals surface area contributed by atoms with Gasteiger partial charge in [-0.1, -0.05) is 18.2 Å². The van der Waals surface area contributed by atoms with Crippen LogP contribution in [0.4, 0.5) is 5.69 Å². The van der Waals surface area contributed by atoms with Gasteiger partial charge in [0.25, 0.3) is 0 Å². The van der Waals surface area contributed by atoms with E-state index in [-0.39, 0.29) is 5.91 Å². The third-order valence-corrected chi connectivity index (χ3v) is 2.58. The number of anilines is 1. The van der Waals surface area contributed by atoms with E-state index in [2.05, 4.69) is 10.6 Å². The highest BCUT2D eigenvalue weighted by Gasteiger charge is 2.01. The number of rotatable bonds is 8. The van der Waals surface area contributed by atoms with Crippen molar-refractivity contribution in [3.63, 3.8) is 0 Å². The Bertz CT molecular complexity index is 367. The van der Waals surface area contributed by atoms with Crippen LogP contribution in [0.5, 0.6) is 0 Å². The third kappa shape index (κ3) is 5.68. The van der Waals surface area contributed by atoms with Gasteiger partial charge in [-0.05, 0) is 31.9 Å². The van der Waals surface area contributed by atoms with Crippen molar-refractivity contribution in [3.8, 4) is 0 Å². The highest BCUT2D eigenvalue weighted by atomic mass is 16.5. The zero-order chi connectivity index (χ0) is 13.2. The van der Waals surface area contributed by atoms with Crippen LogP contribution in [0.2, 0.25) is 0 Å². The van der Waals surface area contributed by atoms with Gasteiger partial charge in [0, 0.05) is 25.4 Å². The number of carbonyl (C=O) groups is 1. The number of amides is 1. The fourth-order valence-electron chi connectivity index (χ4n) is 1.56. The van der Waals surface area contributed by atoms with Crippen molar-refractivity contribution in [1.82, 2.24) is 5.32 Å². The average Bonchev–Trinajstić information content (AvgIpc) is 2.37. The van der Waals surface area contributed by atoms with Crippen LogP contribution in [0.15, 0.2) is 24.3 Å². The predicted molar refractivity (Wildman–Crippen MR) is 73.8 cm³/mol. The van der Waals surface area contributed by atoms with Gasteiger partial charge in [-0.3, -0.25) is 4.79 Å². The second-order valence-corrected chi connectivity index (χ2v) is 4.07. The molecule has 0 aliphatic rings. The zero-order valence-corrected chi connectivity index (χ0v) is 11.2. The van der Waals surface area contributed by atoms with Gasteiger partial charge in [-0.25, -0.2) is 0 Å². The molecule has 0 unspecified atom stereocenters. The van der Waals surface area contributed by atoms with Gasteiger partial charge in [-0.15, -0.1) is 0 Å². The first-order valence-electron chi connectivity index (χ1n) is 6.38. The molecular weight excluding hydrogens is 228 g/mol. The van der Waals surface area contributed by atoms with E-state index in [1.165, 1.54) is 0 Å². The van der Waals surface area contributed by atoms with Gasteiger partial charge in [0.2, 0.25) is 5.91 Å². The molecule has 1 rings (SSSR count). The lowest BCUT2D eigenvalue weighted by molar-refractivity contribution is -0.119. The Labute approximate surface area is 109 Å². The van der Waals surface area contributed by atoms with Crippen molar-refractivity contribution in [2.75, 3.05) is 31.6 Å². The molecule has 1 aromatic carbocycles. The molecule has 0 saturated heterocycles. The molecule has 1 aromatic rings. The van der Waals surface area contributed by atoms with Gasteiger partial charge in [0.15, 0.2) is 0 Å². The largest absolute Gasteiger partial charge is 0.382 e. The van der Waals surface area contributed by atoms with Crippen LogP contribution >= 0.6 is 0 Å². The summed E-state index contributed by atoms with van der Waals surface area (Å²) >= 11 is 0. The maximum Gasteiger partial charge on any atom is 0.239 e. The molecule has 0 aromatic heterocycles. The van der Waals surface area contributed by atoms with Crippen LogP contribution in [0.1, 0.15) is 18.9 Å². The van der Waals surface area contributed by atoms with Crippen molar-refractivity contribution < 1.29 is 9.53 Å². The van der Waals surface area contributed by atoms with Crippen LogP contribution in [-0.4, -0.2) is 32.2 Å². The summed E-state index contributed by atoms with van der Waals surface area (Å²) in [6.45, 7) is 6.37. The van der Waals surface area contributed by atoms with E-state index < -0.39 is 0 Å². The maximum absolute atomic E-state index is 11.5. The van der Waals surface area contributed by atoms with Crippen molar-refractivity contribution in [2.24, 2.45) is 0 Å². The van der Waals surface area contributed by atoms with Gasteiger partial charge in [-0.2, -0.15) is 0 Å². The lowest BCUT2D eigenvalue weighted by atomic mass is 10.2. The summed E-state index contributed by atoms with van der Waals surface area (Å²) in [5.74, 6) is 0.00903. The molecule has 0 fully saturated rings. The Hall–Kier alpha value is -1.55. The number of nitrogens with one attached hydrogen (secondary N) is 2. The Morgan fingerprint density at radius 2 is 2.11 bits per heavy atom. The lowest BCUT2D eigenvalue weighted by Crippen LogP contribution is -2.31. The number of ether oxygens (including phenoxy) is 1. The number of carbonyl (C=O) groups excluding carboxylic acids is 1. The molecule has 0 aliphatic carbocycles. The molecule has 0 bridgehead atoms. The van der Waals surface area contributed by atoms with E-state index in [1.807, 2.05) is 38.1 Å². The number of para-hydroxylation sites is 1. The second-order valence-electron chi connectivity index (χ2n) is 4.07. The van der Waals surface area contributed by atoms with Crippen LogP contribution in [0.3, 0.4) is 0 Å². The van der Waals surface area contributed by atoms with E-state index in [1.54, 1.807) is 0 Å². The first-order valence-corrected chi connectivity index (χ1v) is 6.38. The molecule has 4 nitrogen and oxygen atoms in total. The summed E-state index contributed by atoms with van der Waals surface area (Å²) < 4.78 is 5.19. The first-order chi connectivity index (χ1) is 8.74. The second kappa shape index (κ2) is 8.53. The van der Waals surface area contributed by atoms with E-state index in [0.29, 0.717) is 19.7 Å². The van der Waals surface area contributed by atoms with E-state index in [4.69, 9.17) is 4.74 Å². The summed E-state index contributed by atoms with van der Waals surface area (Å²) in [6, 6.07) is 7.92. The molecule has 0 saturated carbocycles.